The van der Waals surface area contributed by atoms with Gasteiger partial charge in [-0.05, 0) is 58.6 Å². The first-order chi connectivity index (χ1) is 16.3. The van der Waals surface area contributed by atoms with Gasteiger partial charge >= 0.3 is 0 Å². The Morgan fingerprint density at radius 3 is 2.35 bits per heavy atom. The highest BCUT2D eigenvalue weighted by Gasteiger charge is 2.46. The summed E-state index contributed by atoms with van der Waals surface area (Å²) in [6.07, 6.45) is 2.26. The van der Waals surface area contributed by atoms with Gasteiger partial charge in [0.25, 0.3) is 11.7 Å². The highest BCUT2D eigenvalue weighted by atomic mass is 16.3. The second-order valence-electron chi connectivity index (χ2n) is 8.95. The van der Waals surface area contributed by atoms with Crippen LogP contribution < -0.4 is 0 Å². The average Bonchev–Trinajstić information content (AvgIpc) is 3.32. The van der Waals surface area contributed by atoms with E-state index in [4.69, 9.17) is 0 Å². The Morgan fingerprint density at radius 1 is 1.03 bits per heavy atom. The molecule has 0 spiro atoms. The Balaban J connectivity index is 1.80. The van der Waals surface area contributed by atoms with Crippen molar-refractivity contribution in [3.8, 4) is 5.69 Å². The van der Waals surface area contributed by atoms with Crippen molar-refractivity contribution in [2.75, 3.05) is 27.2 Å². The van der Waals surface area contributed by atoms with Crippen molar-refractivity contribution in [3.63, 3.8) is 0 Å². The molecule has 1 saturated heterocycles. The van der Waals surface area contributed by atoms with E-state index in [1.54, 1.807) is 15.8 Å². The van der Waals surface area contributed by atoms with Crippen LogP contribution in [0.3, 0.4) is 0 Å². The van der Waals surface area contributed by atoms with Gasteiger partial charge in [-0.15, -0.1) is 0 Å². The summed E-state index contributed by atoms with van der Waals surface area (Å²) in [7, 11) is 3.94. The van der Waals surface area contributed by atoms with Crippen molar-refractivity contribution in [1.29, 1.82) is 0 Å². The Kier molecular flexibility index (Phi) is 6.65. The number of hydrogen-bond donors (Lipinski definition) is 1. The second kappa shape index (κ2) is 9.65. The van der Waals surface area contributed by atoms with Gasteiger partial charge in [-0.25, -0.2) is 4.68 Å². The fourth-order valence-corrected chi connectivity index (χ4v) is 4.38. The number of ketones is 1. The van der Waals surface area contributed by atoms with Crippen LogP contribution in [-0.4, -0.2) is 63.6 Å². The van der Waals surface area contributed by atoms with Crippen LogP contribution >= 0.6 is 0 Å². The second-order valence-corrected chi connectivity index (χ2v) is 8.95. The third kappa shape index (κ3) is 4.39. The summed E-state index contributed by atoms with van der Waals surface area (Å²) in [6.45, 7) is 5.02. The van der Waals surface area contributed by atoms with E-state index in [1.165, 1.54) is 0 Å². The molecule has 4 rings (SSSR count). The van der Waals surface area contributed by atoms with Gasteiger partial charge in [0.2, 0.25) is 0 Å². The molecule has 2 heterocycles. The standard InChI is InChI=1S/C27H30N4O3/c1-18-11-13-20(14-12-18)24-23(26(33)27(34)30(24)16-8-15-29(3)4)25(32)22-17-28-31(19(22)2)21-9-6-5-7-10-21/h5-7,9-14,17,24,32H,8,15-16H2,1-4H3/t24-/m1/s1. The summed E-state index contributed by atoms with van der Waals surface area (Å²) < 4.78 is 1.71. The fourth-order valence-electron chi connectivity index (χ4n) is 4.38. The summed E-state index contributed by atoms with van der Waals surface area (Å²) in [5, 5.41) is 15.8. The molecule has 7 heteroatoms. The van der Waals surface area contributed by atoms with Crippen molar-refractivity contribution in [2.45, 2.75) is 26.3 Å². The van der Waals surface area contributed by atoms with Crippen LogP contribution in [0, 0.1) is 13.8 Å². The molecule has 1 aromatic heterocycles. The molecule has 176 valence electrons. The lowest BCUT2D eigenvalue weighted by Gasteiger charge is -2.26. The van der Waals surface area contributed by atoms with E-state index in [2.05, 4.69) is 5.10 Å². The normalized spacial score (nSPS) is 17.7. The lowest BCUT2D eigenvalue weighted by Crippen LogP contribution is -2.32. The number of carbonyl (C=O) groups excluding carboxylic acids is 2. The monoisotopic (exact) mass is 458 g/mol. The van der Waals surface area contributed by atoms with E-state index < -0.39 is 17.7 Å². The maximum Gasteiger partial charge on any atom is 0.295 e. The molecule has 1 N–H and O–H groups in total. The van der Waals surface area contributed by atoms with Crippen LogP contribution in [0.5, 0.6) is 0 Å². The Bertz CT molecular complexity index is 1230. The number of amides is 1. The minimum absolute atomic E-state index is 0.106. The first-order valence-corrected chi connectivity index (χ1v) is 11.4. The average molecular weight is 459 g/mol. The highest BCUT2D eigenvalue weighted by Crippen LogP contribution is 2.40. The predicted octanol–water partition coefficient (Wildman–Crippen LogP) is 3.86. The molecule has 1 aliphatic rings. The van der Waals surface area contributed by atoms with Crippen LogP contribution in [0.15, 0.2) is 66.4 Å². The first-order valence-electron chi connectivity index (χ1n) is 11.4. The zero-order chi connectivity index (χ0) is 24.4. The van der Waals surface area contributed by atoms with Gasteiger partial charge in [0.15, 0.2) is 0 Å². The molecule has 34 heavy (non-hydrogen) atoms. The van der Waals surface area contributed by atoms with Crippen molar-refractivity contribution in [2.24, 2.45) is 0 Å². The fraction of sp³-hybridized carbons (Fsp3) is 0.296. The molecule has 0 unspecified atom stereocenters. The van der Waals surface area contributed by atoms with Crippen molar-refractivity contribution in [3.05, 3.63) is 88.8 Å². The molecule has 1 aliphatic heterocycles. The summed E-state index contributed by atoms with van der Waals surface area (Å²) in [4.78, 5) is 29.9. The van der Waals surface area contributed by atoms with Gasteiger partial charge in [0, 0.05) is 6.54 Å². The topological polar surface area (TPSA) is 78.7 Å². The molecule has 1 fully saturated rings. The van der Waals surface area contributed by atoms with E-state index >= 15 is 0 Å². The zero-order valence-corrected chi connectivity index (χ0v) is 20.0. The number of rotatable bonds is 7. The number of para-hydroxylation sites is 1. The number of carbonyl (C=O) groups is 2. The smallest absolute Gasteiger partial charge is 0.295 e. The predicted molar refractivity (Wildman–Crippen MR) is 132 cm³/mol. The Labute approximate surface area is 199 Å². The lowest BCUT2D eigenvalue weighted by atomic mass is 9.95. The molecule has 3 aromatic rings. The van der Waals surface area contributed by atoms with Crippen molar-refractivity contribution >= 4 is 17.4 Å². The van der Waals surface area contributed by atoms with Crippen LogP contribution in [-0.2, 0) is 9.59 Å². The summed E-state index contributed by atoms with van der Waals surface area (Å²) in [5.74, 6) is -1.45. The number of aromatic nitrogens is 2. The van der Waals surface area contributed by atoms with E-state index in [9.17, 15) is 14.7 Å². The van der Waals surface area contributed by atoms with Gasteiger partial charge in [-0.3, -0.25) is 9.59 Å². The number of aryl methyl sites for hydroxylation is 1. The molecule has 0 radical (unpaired) electrons. The van der Waals surface area contributed by atoms with E-state index in [0.29, 0.717) is 24.2 Å². The van der Waals surface area contributed by atoms with Crippen molar-refractivity contribution in [1.82, 2.24) is 19.6 Å². The lowest BCUT2D eigenvalue weighted by molar-refractivity contribution is -0.139. The maximum atomic E-state index is 13.2. The van der Waals surface area contributed by atoms with E-state index in [-0.39, 0.29) is 11.3 Å². The molecule has 1 amide bonds. The van der Waals surface area contributed by atoms with Crippen LogP contribution in [0.25, 0.3) is 11.4 Å². The number of aliphatic hydroxyl groups is 1. The summed E-state index contributed by atoms with van der Waals surface area (Å²) >= 11 is 0. The van der Waals surface area contributed by atoms with Crippen LogP contribution in [0.4, 0.5) is 0 Å². The van der Waals surface area contributed by atoms with Crippen LogP contribution in [0.2, 0.25) is 0 Å². The minimum Gasteiger partial charge on any atom is -0.507 e. The van der Waals surface area contributed by atoms with Gasteiger partial charge in [-0.2, -0.15) is 5.10 Å². The molecule has 7 nitrogen and oxygen atoms in total. The molecule has 0 aliphatic carbocycles. The molecule has 0 saturated carbocycles. The SMILES string of the molecule is Cc1ccc([C@@H]2C(=C(O)c3cnn(-c4ccccc4)c3C)C(=O)C(=O)N2CCCN(C)C)cc1. The first kappa shape index (κ1) is 23.4. The number of Topliss-reactive ketones (excluding diaryl/α,β-unsaturated/α-hetero) is 1. The van der Waals surface area contributed by atoms with Crippen molar-refractivity contribution < 1.29 is 14.7 Å². The third-order valence-electron chi connectivity index (χ3n) is 6.20. The molecule has 2 aromatic carbocycles. The number of benzene rings is 2. The molecular formula is C27H30N4O3. The number of likely N-dealkylation sites (tertiary alicyclic amines) is 1. The minimum atomic E-state index is -0.667. The molecule has 0 bridgehead atoms. The molecular weight excluding hydrogens is 428 g/mol. The Morgan fingerprint density at radius 2 is 1.71 bits per heavy atom. The molecule has 1 atom stereocenters. The van der Waals surface area contributed by atoms with Gasteiger partial charge in [0.05, 0.1) is 34.8 Å². The largest absolute Gasteiger partial charge is 0.507 e. The third-order valence-corrected chi connectivity index (χ3v) is 6.20. The summed E-state index contributed by atoms with van der Waals surface area (Å²) in [5.41, 5.74) is 3.95. The Hall–Kier alpha value is -3.71. The van der Waals surface area contributed by atoms with Gasteiger partial charge < -0.3 is 14.9 Å². The number of aliphatic hydroxyl groups excluding tert-OH is 1. The van der Waals surface area contributed by atoms with Gasteiger partial charge in [-0.1, -0.05) is 48.0 Å². The maximum absolute atomic E-state index is 13.2. The zero-order valence-electron chi connectivity index (χ0n) is 20.0. The quantitative estimate of drug-likeness (QED) is 0.330. The van der Waals surface area contributed by atoms with E-state index in [0.717, 1.165) is 23.4 Å². The van der Waals surface area contributed by atoms with Gasteiger partial charge in [0.1, 0.15) is 5.76 Å². The number of hydrogen-bond acceptors (Lipinski definition) is 5. The van der Waals surface area contributed by atoms with Crippen LogP contribution in [0.1, 0.15) is 34.8 Å². The summed E-state index contributed by atoms with van der Waals surface area (Å²) in [6, 6.07) is 16.7. The highest BCUT2D eigenvalue weighted by molar-refractivity contribution is 6.46. The number of nitrogens with zero attached hydrogens (tertiary/aromatic N) is 4. The van der Waals surface area contributed by atoms with E-state index in [1.807, 2.05) is 87.4 Å².